The summed E-state index contributed by atoms with van der Waals surface area (Å²) < 4.78 is 6.64. The first-order valence-corrected chi connectivity index (χ1v) is 7.48. The van der Waals surface area contributed by atoms with Crippen LogP contribution in [0.25, 0.3) is 0 Å². The van der Waals surface area contributed by atoms with E-state index in [0.717, 1.165) is 0 Å². The zero-order chi connectivity index (χ0) is 15.4. The Bertz CT molecular complexity index is 682. The van der Waals surface area contributed by atoms with E-state index >= 15 is 0 Å². The zero-order valence-electron chi connectivity index (χ0n) is 10.8. The van der Waals surface area contributed by atoms with Crippen molar-refractivity contribution in [3.63, 3.8) is 0 Å². The van der Waals surface area contributed by atoms with Crippen molar-refractivity contribution in [3.05, 3.63) is 43.5 Å². The second kappa shape index (κ2) is 6.81. The highest BCUT2D eigenvalue weighted by atomic mass is 79.9. The van der Waals surface area contributed by atoms with Crippen LogP contribution in [0.2, 0.25) is 0 Å². The number of anilines is 1. The molecule has 2 rings (SSSR count). The predicted octanol–water partition coefficient (Wildman–Crippen LogP) is 4.13. The monoisotopic (exact) mass is 416 g/mol. The lowest BCUT2D eigenvalue weighted by molar-refractivity contribution is -0.385. The maximum Gasteiger partial charge on any atom is 0.312 e. The van der Waals surface area contributed by atoms with E-state index in [0.29, 0.717) is 21.4 Å². The smallest absolute Gasteiger partial charge is 0.312 e. The Balaban J connectivity index is 2.38. The molecule has 0 saturated carbocycles. The summed E-state index contributed by atoms with van der Waals surface area (Å²) in [5.74, 6) is 0.687. The Morgan fingerprint density at radius 3 is 2.86 bits per heavy atom. The number of hydrogen-bond donors (Lipinski definition) is 1. The summed E-state index contributed by atoms with van der Waals surface area (Å²) >= 11 is 6.45. The van der Waals surface area contributed by atoms with Crippen molar-refractivity contribution in [1.82, 2.24) is 9.97 Å². The van der Waals surface area contributed by atoms with Gasteiger partial charge >= 0.3 is 5.69 Å². The van der Waals surface area contributed by atoms with Crippen molar-refractivity contribution in [1.29, 1.82) is 0 Å². The summed E-state index contributed by atoms with van der Waals surface area (Å²) in [6.45, 7) is 2.56. The summed E-state index contributed by atoms with van der Waals surface area (Å²) in [4.78, 5) is 18.8. The van der Waals surface area contributed by atoms with Gasteiger partial charge in [0.1, 0.15) is 0 Å². The van der Waals surface area contributed by atoms with Gasteiger partial charge in [-0.3, -0.25) is 10.1 Å². The van der Waals surface area contributed by atoms with Crippen LogP contribution in [-0.4, -0.2) is 21.4 Å². The molecule has 0 atom stereocenters. The number of hydrogen-bond acceptors (Lipinski definition) is 6. The van der Waals surface area contributed by atoms with E-state index in [1.54, 1.807) is 6.07 Å². The molecule has 0 amide bonds. The summed E-state index contributed by atoms with van der Waals surface area (Å²) in [5, 5.41) is 14.0. The van der Waals surface area contributed by atoms with Gasteiger partial charge in [-0.2, -0.15) is 4.98 Å². The van der Waals surface area contributed by atoms with E-state index in [4.69, 9.17) is 4.74 Å². The van der Waals surface area contributed by atoms with Gasteiger partial charge in [0.2, 0.25) is 17.6 Å². The molecule has 0 fully saturated rings. The molecular formula is C12H10Br2N4O3. The van der Waals surface area contributed by atoms with Crippen molar-refractivity contribution in [2.24, 2.45) is 0 Å². The lowest BCUT2D eigenvalue weighted by Gasteiger charge is -2.09. The average Bonchev–Trinajstić information content (AvgIpc) is 2.44. The van der Waals surface area contributed by atoms with E-state index in [9.17, 15) is 10.1 Å². The Hall–Kier alpha value is -1.74. The van der Waals surface area contributed by atoms with Crippen molar-refractivity contribution < 1.29 is 9.66 Å². The van der Waals surface area contributed by atoms with E-state index in [-0.39, 0.29) is 17.3 Å². The van der Waals surface area contributed by atoms with Gasteiger partial charge in [-0.15, -0.1) is 0 Å². The Morgan fingerprint density at radius 1 is 1.43 bits per heavy atom. The van der Waals surface area contributed by atoms with Crippen molar-refractivity contribution in [2.45, 2.75) is 6.92 Å². The van der Waals surface area contributed by atoms with E-state index in [1.165, 1.54) is 18.3 Å². The third-order valence-corrected chi connectivity index (χ3v) is 3.41. The van der Waals surface area contributed by atoms with Crippen LogP contribution >= 0.6 is 31.9 Å². The van der Waals surface area contributed by atoms with Crippen LogP contribution in [0.15, 0.2) is 33.3 Å². The fourth-order valence-corrected chi connectivity index (χ4v) is 2.11. The number of nitrogens with one attached hydrogen (secondary N) is 1. The summed E-state index contributed by atoms with van der Waals surface area (Å²) in [6, 6.07) is 4.53. The highest BCUT2D eigenvalue weighted by Crippen LogP contribution is 2.35. The van der Waals surface area contributed by atoms with Gasteiger partial charge in [0.05, 0.1) is 15.6 Å². The van der Waals surface area contributed by atoms with Crippen LogP contribution in [0.5, 0.6) is 11.6 Å². The molecule has 0 saturated heterocycles. The van der Waals surface area contributed by atoms with Crippen LogP contribution < -0.4 is 10.1 Å². The van der Waals surface area contributed by atoms with E-state index < -0.39 is 4.92 Å². The van der Waals surface area contributed by atoms with Gasteiger partial charge < -0.3 is 10.1 Å². The topological polar surface area (TPSA) is 90.2 Å². The lowest BCUT2D eigenvalue weighted by atomic mass is 10.3. The number of nitro groups is 1. The fourth-order valence-electron chi connectivity index (χ4n) is 1.49. The first-order chi connectivity index (χ1) is 10.0. The number of benzene rings is 1. The molecule has 0 aliphatic rings. The van der Waals surface area contributed by atoms with Crippen molar-refractivity contribution in [3.8, 4) is 11.6 Å². The molecule has 1 N–H and O–H groups in total. The fraction of sp³-hybridized carbons (Fsp3) is 0.167. The molecule has 0 spiro atoms. The van der Waals surface area contributed by atoms with Gasteiger partial charge in [0.25, 0.3) is 0 Å². The number of aromatic nitrogens is 2. The zero-order valence-corrected chi connectivity index (χ0v) is 14.0. The Morgan fingerprint density at radius 2 is 2.19 bits per heavy atom. The molecule has 110 valence electrons. The van der Waals surface area contributed by atoms with Gasteiger partial charge in [-0.1, -0.05) is 15.9 Å². The number of halogens is 2. The number of nitrogens with zero attached hydrogens (tertiary/aromatic N) is 3. The number of nitro benzene ring substituents is 1. The minimum Gasteiger partial charge on any atom is -0.430 e. The van der Waals surface area contributed by atoms with Crippen LogP contribution in [0.4, 0.5) is 11.6 Å². The second-order valence-corrected chi connectivity index (χ2v) is 5.62. The molecule has 9 heteroatoms. The molecule has 0 aliphatic heterocycles. The summed E-state index contributed by atoms with van der Waals surface area (Å²) in [5.41, 5.74) is -0.153. The van der Waals surface area contributed by atoms with Gasteiger partial charge in [0.15, 0.2) is 0 Å². The molecule has 21 heavy (non-hydrogen) atoms. The van der Waals surface area contributed by atoms with E-state index in [2.05, 4.69) is 47.1 Å². The molecule has 2 aromatic rings. The maximum absolute atomic E-state index is 11.1. The predicted molar refractivity (Wildman–Crippen MR) is 84.8 cm³/mol. The quantitative estimate of drug-likeness (QED) is 0.580. The largest absolute Gasteiger partial charge is 0.430 e. The van der Waals surface area contributed by atoms with Crippen LogP contribution in [0, 0.1) is 10.1 Å². The molecule has 1 aromatic carbocycles. The number of ether oxygens (including phenoxy) is 1. The molecule has 0 aliphatic carbocycles. The van der Waals surface area contributed by atoms with Crippen LogP contribution in [0.1, 0.15) is 6.92 Å². The third kappa shape index (κ3) is 3.88. The molecular weight excluding hydrogens is 408 g/mol. The van der Waals surface area contributed by atoms with Crippen LogP contribution in [0.3, 0.4) is 0 Å². The third-order valence-electron chi connectivity index (χ3n) is 2.37. The second-order valence-electron chi connectivity index (χ2n) is 3.85. The van der Waals surface area contributed by atoms with Gasteiger partial charge in [0, 0.05) is 17.1 Å². The minimum absolute atomic E-state index is 0.102. The molecule has 0 unspecified atom stereocenters. The summed E-state index contributed by atoms with van der Waals surface area (Å²) in [6.07, 6.45) is 1.52. The molecule has 1 heterocycles. The molecule has 7 nitrogen and oxygen atoms in total. The maximum atomic E-state index is 11.1. The molecule has 1 aromatic heterocycles. The Kier molecular flexibility index (Phi) is 5.07. The van der Waals surface area contributed by atoms with Gasteiger partial charge in [-0.05, 0) is 35.0 Å². The highest BCUT2D eigenvalue weighted by molar-refractivity contribution is 9.10. The first-order valence-electron chi connectivity index (χ1n) is 5.89. The Labute approximate surface area is 137 Å². The number of rotatable bonds is 5. The normalized spacial score (nSPS) is 10.2. The SMILES string of the molecule is CCNc1ncc(Br)c(Oc2ccc(Br)cc2[N+](=O)[O-])n1. The molecule has 0 radical (unpaired) electrons. The van der Waals surface area contributed by atoms with Gasteiger partial charge in [-0.25, -0.2) is 4.98 Å². The average molecular weight is 418 g/mol. The highest BCUT2D eigenvalue weighted by Gasteiger charge is 2.18. The summed E-state index contributed by atoms with van der Waals surface area (Å²) in [7, 11) is 0. The van der Waals surface area contributed by atoms with E-state index in [1.807, 2.05) is 6.92 Å². The first kappa shape index (κ1) is 15.6. The molecule has 0 bridgehead atoms. The minimum atomic E-state index is -0.513. The van der Waals surface area contributed by atoms with Crippen molar-refractivity contribution >= 4 is 43.5 Å². The standard InChI is InChI=1S/C12H10Br2N4O3/c1-2-15-12-16-6-8(14)11(17-12)21-10-4-3-7(13)5-9(10)18(19)20/h3-6H,2H2,1H3,(H,15,16,17). The van der Waals surface area contributed by atoms with Crippen LogP contribution in [-0.2, 0) is 0 Å². The lowest BCUT2D eigenvalue weighted by Crippen LogP contribution is -2.03. The van der Waals surface area contributed by atoms with Crippen molar-refractivity contribution in [2.75, 3.05) is 11.9 Å².